The van der Waals surface area contributed by atoms with Gasteiger partial charge in [-0.1, -0.05) is 18.2 Å². The zero-order valence-corrected chi connectivity index (χ0v) is 9.79. The molecule has 1 aromatic carbocycles. The van der Waals surface area contributed by atoms with E-state index >= 15 is 0 Å². The molecule has 0 atom stereocenters. The molecule has 0 spiro atoms. The third-order valence-corrected chi connectivity index (χ3v) is 3.00. The zero-order chi connectivity index (χ0) is 11.1. The van der Waals surface area contributed by atoms with Crippen molar-refractivity contribution in [3.8, 4) is 0 Å². The fraction of sp³-hybridized carbons (Fsp3) is 0.364. The number of nitrogens with zero attached hydrogens (tertiary/aromatic N) is 1. The molecule has 0 N–H and O–H groups in total. The van der Waals surface area contributed by atoms with E-state index in [1.54, 1.807) is 11.8 Å². The number of ether oxygens (including phenoxy) is 1. The van der Waals surface area contributed by atoms with Gasteiger partial charge in [-0.05, 0) is 19.2 Å². The van der Waals surface area contributed by atoms with E-state index in [-0.39, 0.29) is 5.97 Å². The lowest BCUT2D eigenvalue weighted by Gasteiger charge is -2.14. The van der Waals surface area contributed by atoms with Gasteiger partial charge >= 0.3 is 5.97 Å². The molecular formula is C11H15NO2S. The summed E-state index contributed by atoms with van der Waals surface area (Å²) in [4.78, 5) is 14.1. The maximum absolute atomic E-state index is 11.0. The first-order valence-corrected chi connectivity index (χ1v) is 5.64. The van der Waals surface area contributed by atoms with Crippen molar-refractivity contribution in [3.05, 3.63) is 30.3 Å². The smallest absolute Gasteiger partial charge is 0.319 e. The van der Waals surface area contributed by atoms with Crippen molar-refractivity contribution in [2.45, 2.75) is 4.90 Å². The van der Waals surface area contributed by atoms with Gasteiger partial charge < -0.3 is 4.74 Å². The van der Waals surface area contributed by atoms with E-state index in [4.69, 9.17) is 0 Å². The van der Waals surface area contributed by atoms with E-state index < -0.39 is 0 Å². The number of likely N-dealkylation sites (N-methyl/N-ethyl adjacent to an activating group) is 1. The Kier molecular flexibility index (Phi) is 5.21. The second-order valence-electron chi connectivity index (χ2n) is 3.18. The molecular weight excluding hydrogens is 210 g/mol. The van der Waals surface area contributed by atoms with Gasteiger partial charge in [0.1, 0.15) is 0 Å². The summed E-state index contributed by atoms with van der Waals surface area (Å²) in [5.74, 6) is 0.574. The first-order valence-electron chi connectivity index (χ1n) is 4.65. The largest absolute Gasteiger partial charge is 0.468 e. The molecule has 0 bridgehead atoms. The number of methoxy groups -OCH3 is 1. The molecule has 1 aromatic rings. The van der Waals surface area contributed by atoms with Crippen LogP contribution in [0.5, 0.6) is 0 Å². The van der Waals surface area contributed by atoms with Crippen molar-refractivity contribution in [2.75, 3.05) is 26.6 Å². The van der Waals surface area contributed by atoms with Crippen molar-refractivity contribution in [2.24, 2.45) is 0 Å². The SMILES string of the molecule is COC(=O)CN(C)CSc1ccccc1. The highest BCUT2D eigenvalue weighted by atomic mass is 32.2. The molecule has 0 amide bonds. The van der Waals surface area contributed by atoms with Gasteiger partial charge in [-0.25, -0.2) is 0 Å². The van der Waals surface area contributed by atoms with Gasteiger partial charge in [0.05, 0.1) is 13.7 Å². The van der Waals surface area contributed by atoms with Crippen LogP contribution in [0.3, 0.4) is 0 Å². The number of benzene rings is 1. The van der Waals surface area contributed by atoms with Gasteiger partial charge in [0, 0.05) is 10.8 Å². The third kappa shape index (κ3) is 4.85. The molecule has 3 nitrogen and oxygen atoms in total. The topological polar surface area (TPSA) is 29.5 Å². The van der Waals surface area contributed by atoms with E-state index in [1.165, 1.54) is 12.0 Å². The standard InChI is InChI=1S/C11H15NO2S/c1-12(8-11(13)14-2)9-15-10-6-4-3-5-7-10/h3-7H,8-9H2,1-2H3. The van der Waals surface area contributed by atoms with Crippen molar-refractivity contribution in [1.29, 1.82) is 0 Å². The molecule has 82 valence electrons. The van der Waals surface area contributed by atoms with Crippen LogP contribution in [0, 0.1) is 0 Å². The average molecular weight is 225 g/mol. The Hall–Kier alpha value is -1.00. The van der Waals surface area contributed by atoms with Gasteiger partial charge in [0.25, 0.3) is 0 Å². The molecule has 0 aliphatic rings. The molecule has 15 heavy (non-hydrogen) atoms. The van der Waals surface area contributed by atoms with Gasteiger partial charge in [-0.3, -0.25) is 9.69 Å². The van der Waals surface area contributed by atoms with Crippen LogP contribution in [-0.4, -0.2) is 37.4 Å². The summed E-state index contributed by atoms with van der Waals surface area (Å²) in [6.07, 6.45) is 0. The number of hydrogen-bond acceptors (Lipinski definition) is 4. The highest BCUT2D eigenvalue weighted by Gasteiger charge is 2.05. The quantitative estimate of drug-likeness (QED) is 0.434. The van der Waals surface area contributed by atoms with Crippen LogP contribution in [0.1, 0.15) is 0 Å². The summed E-state index contributed by atoms with van der Waals surface area (Å²) in [5, 5.41) is 0. The van der Waals surface area contributed by atoms with E-state index in [0.29, 0.717) is 6.54 Å². The van der Waals surface area contributed by atoms with Crippen molar-refractivity contribution < 1.29 is 9.53 Å². The van der Waals surface area contributed by atoms with E-state index in [1.807, 2.05) is 30.1 Å². The minimum atomic E-state index is -0.203. The first-order chi connectivity index (χ1) is 7.22. The van der Waals surface area contributed by atoms with Crippen LogP contribution in [0.2, 0.25) is 0 Å². The van der Waals surface area contributed by atoms with Crippen molar-refractivity contribution in [3.63, 3.8) is 0 Å². The Morgan fingerprint density at radius 2 is 2.07 bits per heavy atom. The summed E-state index contributed by atoms with van der Waals surface area (Å²) in [6.45, 7) is 0.330. The van der Waals surface area contributed by atoms with Gasteiger partial charge in [-0.15, -0.1) is 11.8 Å². The fourth-order valence-electron chi connectivity index (χ4n) is 1.03. The molecule has 0 saturated heterocycles. The van der Waals surface area contributed by atoms with Crippen molar-refractivity contribution in [1.82, 2.24) is 4.90 Å². The highest BCUT2D eigenvalue weighted by molar-refractivity contribution is 7.99. The van der Waals surface area contributed by atoms with Gasteiger partial charge in [0.15, 0.2) is 0 Å². The van der Waals surface area contributed by atoms with Crippen molar-refractivity contribution >= 4 is 17.7 Å². The van der Waals surface area contributed by atoms with Gasteiger partial charge in [-0.2, -0.15) is 0 Å². The Morgan fingerprint density at radius 1 is 1.40 bits per heavy atom. The van der Waals surface area contributed by atoms with Gasteiger partial charge in [0.2, 0.25) is 0 Å². The lowest BCUT2D eigenvalue weighted by atomic mass is 10.4. The third-order valence-electron chi connectivity index (χ3n) is 1.82. The number of carbonyl (C=O) groups is 1. The zero-order valence-electron chi connectivity index (χ0n) is 8.97. The lowest BCUT2D eigenvalue weighted by Crippen LogP contribution is -2.26. The Morgan fingerprint density at radius 3 is 2.67 bits per heavy atom. The highest BCUT2D eigenvalue weighted by Crippen LogP contribution is 2.17. The number of rotatable bonds is 5. The maximum Gasteiger partial charge on any atom is 0.319 e. The number of hydrogen-bond donors (Lipinski definition) is 0. The van der Waals surface area contributed by atoms with Crippen LogP contribution in [0.4, 0.5) is 0 Å². The predicted molar refractivity (Wildman–Crippen MR) is 61.8 cm³/mol. The van der Waals surface area contributed by atoms with Crippen LogP contribution in [-0.2, 0) is 9.53 Å². The van der Waals surface area contributed by atoms with Crippen LogP contribution < -0.4 is 0 Å². The second-order valence-corrected chi connectivity index (χ2v) is 4.20. The van der Waals surface area contributed by atoms with E-state index in [0.717, 1.165) is 5.88 Å². The Labute approximate surface area is 94.4 Å². The molecule has 0 aliphatic heterocycles. The number of carbonyl (C=O) groups excluding carboxylic acids is 1. The summed E-state index contributed by atoms with van der Waals surface area (Å²) in [7, 11) is 3.30. The molecule has 0 unspecified atom stereocenters. The second kappa shape index (κ2) is 6.48. The molecule has 0 radical (unpaired) electrons. The Balaban J connectivity index is 2.28. The molecule has 0 aliphatic carbocycles. The molecule has 1 rings (SSSR count). The normalized spacial score (nSPS) is 10.3. The average Bonchev–Trinajstić information content (AvgIpc) is 2.27. The van der Waals surface area contributed by atoms with Crippen LogP contribution in [0.15, 0.2) is 35.2 Å². The Bertz CT molecular complexity index is 303. The maximum atomic E-state index is 11.0. The summed E-state index contributed by atoms with van der Waals surface area (Å²) in [5.41, 5.74) is 0. The fourth-order valence-corrected chi connectivity index (χ4v) is 1.84. The number of thioether (sulfide) groups is 1. The summed E-state index contributed by atoms with van der Waals surface area (Å²) in [6, 6.07) is 10.1. The first kappa shape index (κ1) is 12.1. The summed E-state index contributed by atoms with van der Waals surface area (Å²) < 4.78 is 4.58. The lowest BCUT2D eigenvalue weighted by molar-refractivity contribution is -0.141. The molecule has 0 aromatic heterocycles. The molecule has 0 heterocycles. The molecule has 0 fully saturated rings. The van der Waals surface area contributed by atoms with Crippen LogP contribution in [0.25, 0.3) is 0 Å². The number of esters is 1. The minimum Gasteiger partial charge on any atom is -0.468 e. The molecule has 0 saturated carbocycles. The van der Waals surface area contributed by atoms with E-state index in [2.05, 4.69) is 16.9 Å². The van der Waals surface area contributed by atoms with E-state index in [9.17, 15) is 4.79 Å². The molecule has 4 heteroatoms. The van der Waals surface area contributed by atoms with Crippen LogP contribution >= 0.6 is 11.8 Å². The monoisotopic (exact) mass is 225 g/mol. The predicted octanol–water partition coefficient (Wildman–Crippen LogP) is 1.84. The minimum absolute atomic E-state index is 0.203. The summed E-state index contributed by atoms with van der Waals surface area (Å²) >= 11 is 1.70.